The van der Waals surface area contributed by atoms with Crippen LogP contribution < -0.4 is 9.44 Å². The summed E-state index contributed by atoms with van der Waals surface area (Å²) in [4.78, 5) is 19.5. The van der Waals surface area contributed by atoms with Gasteiger partial charge in [0.25, 0.3) is 0 Å². The lowest BCUT2D eigenvalue weighted by atomic mass is 10.0. The summed E-state index contributed by atoms with van der Waals surface area (Å²) < 4.78 is 56.2. The van der Waals surface area contributed by atoms with Gasteiger partial charge in [-0.15, -0.1) is 0 Å². The Balaban J connectivity index is 1.46. The summed E-state index contributed by atoms with van der Waals surface area (Å²) in [7, 11) is -7.65. The van der Waals surface area contributed by atoms with Crippen molar-refractivity contribution in [3.05, 3.63) is 94.2 Å². The fourth-order valence-corrected chi connectivity index (χ4v) is 7.40. The Morgan fingerprint density at radius 1 is 1.06 bits per heavy atom. The van der Waals surface area contributed by atoms with E-state index in [1.54, 1.807) is 36.4 Å². The van der Waals surface area contributed by atoms with Crippen molar-refractivity contribution in [3.63, 3.8) is 0 Å². The highest BCUT2D eigenvalue weighted by atomic mass is 79.9. The summed E-state index contributed by atoms with van der Waals surface area (Å²) in [6.45, 7) is 0. The summed E-state index contributed by atoms with van der Waals surface area (Å²) in [5.74, 6) is -0.0806. The molecule has 36 heavy (non-hydrogen) atoms. The summed E-state index contributed by atoms with van der Waals surface area (Å²) in [5, 5.41) is -0.944. The molecule has 1 amide bonds. The molecule has 3 N–H and O–H groups in total. The van der Waals surface area contributed by atoms with E-state index in [1.807, 2.05) is 29.0 Å². The molecule has 1 saturated heterocycles. The van der Waals surface area contributed by atoms with Crippen LogP contribution in [-0.4, -0.2) is 32.7 Å². The molecule has 0 radical (unpaired) electrons. The van der Waals surface area contributed by atoms with E-state index in [0.29, 0.717) is 21.4 Å². The van der Waals surface area contributed by atoms with Gasteiger partial charge < -0.3 is 4.98 Å². The lowest BCUT2D eigenvalue weighted by molar-refractivity contribution is -0.118. The number of nitrogens with zero attached hydrogens (tertiary/aromatic N) is 1. The van der Waals surface area contributed by atoms with Crippen molar-refractivity contribution in [2.24, 2.45) is 0 Å². The smallest absolute Gasteiger partial charge is 0.242 e. The summed E-state index contributed by atoms with van der Waals surface area (Å²) >= 11 is 3.31. The topological polar surface area (TPSA) is 138 Å². The van der Waals surface area contributed by atoms with Gasteiger partial charge in [-0.25, -0.2) is 26.5 Å². The second kappa shape index (κ2) is 9.43. The number of H-pyrrole nitrogens is 1. The Bertz CT molecular complexity index is 1640. The van der Waals surface area contributed by atoms with Gasteiger partial charge in [0.15, 0.2) is 0 Å². The number of amides is 1. The molecule has 0 saturated carbocycles. The Kier molecular flexibility index (Phi) is 6.45. The van der Waals surface area contributed by atoms with E-state index < -0.39 is 37.2 Å². The van der Waals surface area contributed by atoms with E-state index in [0.717, 1.165) is 11.1 Å². The largest absolute Gasteiger partial charge is 0.341 e. The van der Waals surface area contributed by atoms with E-state index in [2.05, 4.69) is 30.6 Å². The minimum atomic E-state index is -3.90. The lowest BCUT2D eigenvalue weighted by Crippen LogP contribution is -2.31. The number of imidazole rings is 1. The number of sulfonamides is 2. The number of fused-ring (bicyclic) bond motifs is 1. The number of carbonyl (C=O) groups excluding carboxylic acids is 1. The third kappa shape index (κ3) is 5.07. The van der Waals surface area contributed by atoms with Gasteiger partial charge in [-0.3, -0.25) is 9.52 Å². The van der Waals surface area contributed by atoms with Gasteiger partial charge in [0, 0.05) is 4.47 Å². The van der Waals surface area contributed by atoms with Gasteiger partial charge in [0.2, 0.25) is 26.0 Å². The average Bonchev–Trinajstić information content (AvgIpc) is 3.38. The molecule has 4 aromatic rings. The summed E-state index contributed by atoms with van der Waals surface area (Å²) in [5.41, 5.74) is 2.74. The molecule has 2 unspecified atom stereocenters. The number of carbonyl (C=O) groups is 1. The quantitative estimate of drug-likeness (QED) is 0.302. The molecule has 1 fully saturated rings. The van der Waals surface area contributed by atoms with Crippen LogP contribution in [0.15, 0.2) is 82.2 Å². The Morgan fingerprint density at radius 3 is 2.47 bits per heavy atom. The third-order valence-electron chi connectivity index (χ3n) is 5.93. The van der Waals surface area contributed by atoms with E-state index in [1.165, 1.54) is 12.1 Å². The van der Waals surface area contributed by atoms with Crippen molar-refractivity contribution in [3.8, 4) is 0 Å². The number of hydrogen-bond donors (Lipinski definition) is 3. The van der Waals surface area contributed by atoms with Crippen molar-refractivity contribution in [1.82, 2.24) is 19.4 Å². The molecule has 1 aliphatic heterocycles. The van der Waals surface area contributed by atoms with E-state index in [9.17, 15) is 21.6 Å². The number of benzene rings is 3. The number of nitrogens with one attached hydrogen (secondary N) is 3. The molecule has 3 aromatic carbocycles. The van der Waals surface area contributed by atoms with Gasteiger partial charge in [-0.2, -0.15) is 0 Å². The van der Waals surface area contributed by atoms with Gasteiger partial charge in [0.1, 0.15) is 11.1 Å². The molecule has 0 aliphatic carbocycles. The Morgan fingerprint density at radius 2 is 1.81 bits per heavy atom. The minimum absolute atomic E-state index is 0.108. The predicted molar refractivity (Wildman–Crippen MR) is 138 cm³/mol. The number of aromatic amines is 1. The molecule has 2 heterocycles. The van der Waals surface area contributed by atoms with Crippen molar-refractivity contribution < 1.29 is 21.6 Å². The fraction of sp³-hybridized carbons (Fsp3) is 0.167. The first-order chi connectivity index (χ1) is 17.1. The molecule has 1 aromatic heterocycles. The highest BCUT2D eigenvalue weighted by Gasteiger charge is 2.37. The second-order valence-electron chi connectivity index (χ2n) is 8.48. The van der Waals surface area contributed by atoms with Crippen LogP contribution in [-0.2, 0) is 31.3 Å². The van der Waals surface area contributed by atoms with E-state index in [-0.39, 0.29) is 17.7 Å². The van der Waals surface area contributed by atoms with Gasteiger partial charge in [-0.1, -0.05) is 58.4 Å². The normalized spacial score (nSPS) is 18.2. The molecule has 12 heteroatoms. The van der Waals surface area contributed by atoms with Gasteiger partial charge in [0.05, 0.1) is 28.4 Å². The van der Waals surface area contributed by atoms with Gasteiger partial charge >= 0.3 is 0 Å². The summed E-state index contributed by atoms with van der Waals surface area (Å²) in [6.07, 6.45) is 0.123. The predicted octanol–water partition coefficient (Wildman–Crippen LogP) is 3.48. The number of halogens is 1. The van der Waals surface area contributed by atoms with Crippen molar-refractivity contribution >= 4 is 52.9 Å². The van der Waals surface area contributed by atoms with Crippen LogP contribution >= 0.6 is 15.9 Å². The van der Waals surface area contributed by atoms with Crippen LogP contribution in [0.1, 0.15) is 34.7 Å². The Hall–Kier alpha value is -3.06. The maximum absolute atomic E-state index is 13.2. The zero-order valence-electron chi connectivity index (χ0n) is 18.7. The van der Waals surface area contributed by atoms with Crippen LogP contribution in [0.5, 0.6) is 0 Å². The monoisotopic (exact) mass is 588 g/mol. The standard InChI is InChI=1S/C24H21BrN4O5S2/c25-17-4-3-5-18(13-17)35(31,32)28-21(24-26-19-6-1-2-7-20(19)27-24)12-15-8-10-16(11-9-15)22-14-23(30)29-36(22,33)34/h1-11,13,21-22,28H,12,14H2,(H,26,27)(H,29,30). The molecule has 0 spiro atoms. The van der Waals surface area contributed by atoms with Crippen LogP contribution in [0.2, 0.25) is 0 Å². The van der Waals surface area contributed by atoms with E-state index >= 15 is 0 Å². The molecular weight excluding hydrogens is 568 g/mol. The zero-order valence-corrected chi connectivity index (χ0v) is 21.9. The average molecular weight is 589 g/mol. The first-order valence-corrected chi connectivity index (χ1v) is 14.8. The van der Waals surface area contributed by atoms with Crippen molar-refractivity contribution in [2.75, 3.05) is 0 Å². The highest BCUT2D eigenvalue weighted by molar-refractivity contribution is 9.10. The Labute approximate surface area is 216 Å². The maximum Gasteiger partial charge on any atom is 0.242 e. The number of hydrogen-bond acceptors (Lipinski definition) is 6. The molecule has 9 nitrogen and oxygen atoms in total. The van der Waals surface area contributed by atoms with Crippen LogP contribution in [0.4, 0.5) is 0 Å². The minimum Gasteiger partial charge on any atom is -0.341 e. The first kappa shape index (κ1) is 24.6. The number of para-hydroxylation sites is 2. The SMILES string of the molecule is O=C1CC(c2ccc(CC(NS(=O)(=O)c3cccc(Br)c3)c3nc4ccccc4[nH]3)cc2)S(=O)(=O)N1. The van der Waals surface area contributed by atoms with Gasteiger partial charge in [-0.05, 0) is 47.9 Å². The van der Waals surface area contributed by atoms with Crippen LogP contribution in [0.3, 0.4) is 0 Å². The molecule has 0 bridgehead atoms. The molecular formula is C24H21BrN4O5S2. The number of aromatic nitrogens is 2. The second-order valence-corrected chi connectivity index (χ2v) is 13.0. The molecule has 5 rings (SSSR count). The molecule has 2 atom stereocenters. The third-order valence-corrected chi connectivity index (χ3v) is 9.60. The molecule has 1 aliphatic rings. The van der Waals surface area contributed by atoms with Crippen LogP contribution in [0.25, 0.3) is 11.0 Å². The lowest BCUT2D eigenvalue weighted by Gasteiger charge is -2.18. The fourth-order valence-electron chi connectivity index (χ4n) is 4.17. The zero-order chi connectivity index (χ0) is 25.5. The van der Waals surface area contributed by atoms with Crippen LogP contribution in [0, 0.1) is 0 Å². The molecule has 186 valence electrons. The van der Waals surface area contributed by atoms with Crippen molar-refractivity contribution in [2.45, 2.75) is 29.0 Å². The summed E-state index contributed by atoms with van der Waals surface area (Å²) in [6, 6.07) is 19.8. The maximum atomic E-state index is 13.2. The van der Waals surface area contributed by atoms with E-state index in [4.69, 9.17) is 0 Å². The highest BCUT2D eigenvalue weighted by Crippen LogP contribution is 2.31. The number of rotatable bonds is 7. The first-order valence-electron chi connectivity index (χ1n) is 11.0. The van der Waals surface area contributed by atoms with Crippen molar-refractivity contribution in [1.29, 1.82) is 0 Å².